The van der Waals surface area contributed by atoms with Gasteiger partial charge >= 0.3 is 17.9 Å². The third-order valence-corrected chi connectivity index (χ3v) is 12.9. The molecule has 0 spiro atoms. The molecule has 4 aliphatic rings. The minimum Gasteiger partial charge on any atom is -0.463 e. The zero-order valence-corrected chi connectivity index (χ0v) is 29.4. The van der Waals surface area contributed by atoms with E-state index in [1.165, 1.54) is 43.0 Å². The Hall–Kier alpha value is -3.67. The van der Waals surface area contributed by atoms with E-state index in [2.05, 4.69) is 81.5 Å². The predicted molar refractivity (Wildman–Crippen MR) is 186 cm³/mol. The van der Waals surface area contributed by atoms with Gasteiger partial charge in [-0.15, -0.1) is 0 Å². The number of rotatable bonds is 7. The van der Waals surface area contributed by atoms with Crippen LogP contribution in [0.15, 0.2) is 78.4 Å². The van der Waals surface area contributed by atoms with Crippen LogP contribution in [0.5, 0.6) is 0 Å². The minimum absolute atomic E-state index is 0.0241. The third-order valence-electron chi connectivity index (χ3n) is 12.9. The fourth-order valence-corrected chi connectivity index (χ4v) is 10.8. The summed E-state index contributed by atoms with van der Waals surface area (Å²) in [6.45, 7) is 11.5. The van der Waals surface area contributed by atoms with Gasteiger partial charge in [-0.05, 0) is 97.7 Å². The van der Waals surface area contributed by atoms with Gasteiger partial charge in [-0.25, -0.2) is 0 Å². The molecule has 0 aromatic heterocycles. The number of carbonyl (C=O) groups is 3. The molecule has 4 saturated carbocycles. The van der Waals surface area contributed by atoms with Crippen LogP contribution in [0.1, 0.15) is 97.6 Å². The van der Waals surface area contributed by atoms with Crippen molar-refractivity contribution in [2.45, 2.75) is 105 Å². The normalized spacial score (nSPS) is 35.7. The molecule has 4 aliphatic carbocycles. The largest absolute Gasteiger partial charge is 0.463 e. The van der Waals surface area contributed by atoms with Gasteiger partial charge in [0.2, 0.25) is 0 Å². The van der Waals surface area contributed by atoms with Gasteiger partial charge in [0.15, 0.2) is 0 Å². The first-order valence-corrected chi connectivity index (χ1v) is 17.9. The molecule has 0 amide bonds. The number of ether oxygens (including phenoxy) is 3. The van der Waals surface area contributed by atoms with E-state index in [0.717, 1.165) is 44.9 Å². The summed E-state index contributed by atoms with van der Waals surface area (Å²) >= 11 is 0. The number of benzene rings is 2. The average Bonchev–Trinajstić information content (AvgIpc) is 3.40. The minimum atomic E-state index is -0.308. The standard InChI is InChI=1S/C42H52O6/c1-26(17-18-34(30-13-9-7-10-14-30)31-15-11-8-12-16-31)35-19-20-36-40-37(25-39(42(35,36)6)48-29(4)45)41(5)22-21-33(46-27(2)43)23-32(41)24-38(40)47-28(3)44/h7-18,32-33,35-40H,19-25H2,1-6H3/b26-17-. The van der Waals surface area contributed by atoms with Gasteiger partial charge in [-0.1, -0.05) is 92.2 Å². The molecule has 2 aromatic carbocycles. The van der Waals surface area contributed by atoms with Crippen molar-refractivity contribution >= 4 is 23.5 Å². The van der Waals surface area contributed by atoms with Gasteiger partial charge in [0.1, 0.15) is 18.3 Å². The number of hydrogen-bond acceptors (Lipinski definition) is 6. The van der Waals surface area contributed by atoms with E-state index >= 15 is 0 Å². The molecule has 4 fully saturated rings. The van der Waals surface area contributed by atoms with E-state index in [0.29, 0.717) is 0 Å². The van der Waals surface area contributed by atoms with Crippen molar-refractivity contribution in [3.8, 4) is 0 Å². The summed E-state index contributed by atoms with van der Waals surface area (Å²) in [6, 6.07) is 21.0. The zero-order chi connectivity index (χ0) is 34.2. The van der Waals surface area contributed by atoms with E-state index in [4.69, 9.17) is 14.2 Å². The quantitative estimate of drug-likeness (QED) is 0.169. The van der Waals surface area contributed by atoms with Crippen LogP contribution in [0.25, 0.3) is 5.57 Å². The lowest BCUT2D eigenvalue weighted by Gasteiger charge is -2.64. The second kappa shape index (κ2) is 13.7. The molecule has 6 nitrogen and oxygen atoms in total. The molecule has 0 N–H and O–H groups in total. The Kier molecular flexibility index (Phi) is 9.75. The third kappa shape index (κ3) is 6.40. The maximum Gasteiger partial charge on any atom is 0.302 e. The Morgan fingerprint density at radius 2 is 1.29 bits per heavy atom. The number of esters is 3. The van der Waals surface area contributed by atoms with Crippen LogP contribution in [0.3, 0.4) is 0 Å². The predicted octanol–water partition coefficient (Wildman–Crippen LogP) is 8.74. The van der Waals surface area contributed by atoms with Crippen molar-refractivity contribution in [3.63, 3.8) is 0 Å². The molecule has 0 heterocycles. The molecule has 10 atom stereocenters. The van der Waals surface area contributed by atoms with Gasteiger partial charge in [0.05, 0.1) is 0 Å². The van der Waals surface area contributed by atoms with Gasteiger partial charge < -0.3 is 14.2 Å². The second-order valence-electron chi connectivity index (χ2n) is 15.4. The van der Waals surface area contributed by atoms with Crippen molar-refractivity contribution in [2.24, 2.45) is 40.4 Å². The van der Waals surface area contributed by atoms with Crippen LogP contribution in [0.4, 0.5) is 0 Å². The summed E-state index contributed by atoms with van der Waals surface area (Å²) in [5, 5.41) is 0. The lowest BCUT2D eigenvalue weighted by atomic mass is 9.43. The highest BCUT2D eigenvalue weighted by Gasteiger charge is 2.67. The summed E-state index contributed by atoms with van der Waals surface area (Å²) in [5.41, 5.74) is 4.45. The molecule has 0 radical (unpaired) electrons. The highest BCUT2D eigenvalue weighted by Crippen LogP contribution is 2.69. The summed E-state index contributed by atoms with van der Waals surface area (Å²) in [5.74, 6) is 0.363. The van der Waals surface area contributed by atoms with Crippen LogP contribution < -0.4 is 0 Å². The molecule has 10 unspecified atom stereocenters. The molecular weight excluding hydrogens is 600 g/mol. The lowest BCUT2D eigenvalue weighted by Crippen LogP contribution is -2.63. The lowest BCUT2D eigenvalue weighted by molar-refractivity contribution is -0.221. The van der Waals surface area contributed by atoms with Gasteiger partial charge in [-0.3, -0.25) is 14.4 Å². The number of hydrogen-bond donors (Lipinski definition) is 0. The summed E-state index contributed by atoms with van der Waals surface area (Å²) < 4.78 is 18.3. The van der Waals surface area contributed by atoms with Crippen LogP contribution in [-0.4, -0.2) is 36.2 Å². The van der Waals surface area contributed by atoms with Gasteiger partial charge in [0.25, 0.3) is 0 Å². The first-order valence-electron chi connectivity index (χ1n) is 17.9. The molecular formula is C42H52O6. The van der Waals surface area contributed by atoms with Crippen LogP contribution in [0.2, 0.25) is 0 Å². The molecule has 0 saturated heterocycles. The van der Waals surface area contributed by atoms with Crippen LogP contribution in [0, 0.1) is 40.4 Å². The molecule has 6 rings (SSSR count). The zero-order valence-electron chi connectivity index (χ0n) is 29.4. The molecule has 6 heteroatoms. The first-order chi connectivity index (χ1) is 22.9. The Morgan fingerprint density at radius 3 is 1.88 bits per heavy atom. The van der Waals surface area contributed by atoms with E-state index < -0.39 is 0 Å². The number of carbonyl (C=O) groups excluding carboxylic acids is 3. The maximum absolute atomic E-state index is 12.8. The van der Waals surface area contributed by atoms with Crippen LogP contribution in [-0.2, 0) is 28.6 Å². The molecule has 0 bridgehead atoms. The highest BCUT2D eigenvalue weighted by molar-refractivity contribution is 5.80. The summed E-state index contributed by atoms with van der Waals surface area (Å²) in [7, 11) is 0. The van der Waals surface area contributed by atoms with Crippen LogP contribution >= 0.6 is 0 Å². The summed E-state index contributed by atoms with van der Waals surface area (Å²) in [6.07, 6.45) is 10.0. The molecule has 48 heavy (non-hydrogen) atoms. The molecule has 0 aliphatic heterocycles. The number of fused-ring (bicyclic) bond motifs is 5. The van der Waals surface area contributed by atoms with Crippen molar-refractivity contribution < 1.29 is 28.6 Å². The Morgan fingerprint density at radius 1 is 0.688 bits per heavy atom. The maximum atomic E-state index is 12.8. The van der Waals surface area contributed by atoms with Crippen molar-refractivity contribution in [3.05, 3.63) is 89.5 Å². The van der Waals surface area contributed by atoms with E-state index in [-0.39, 0.29) is 76.6 Å². The smallest absolute Gasteiger partial charge is 0.302 e. The molecule has 256 valence electrons. The Labute approximate surface area is 286 Å². The topological polar surface area (TPSA) is 78.9 Å². The van der Waals surface area contributed by atoms with Crippen molar-refractivity contribution in [1.29, 1.82) is 0 Å². The SMILES string of the molecule is CC(=O)OC1CCC2(C)C(C1)CC(OC(C)=O)C1C2CC(OC(C)=O)C2(C)C(/C(C)=C\C=C(c3ccccc3)c3ccccc3)CCC12. The summed E-state index contributed by atoms with van der Waals surface area (Å²) in [4.78, 5) is 37.2. The van der Waals surface area contributed by atoms with Gasteiger partial charge in [0, 0.05) is 32.1 Å². The van der Waals surface area contributed by atoms with Gasteiger partial charge in [-0.2, -0.15) is 0 Å². The van der Waals surface area contributed by atoms with E-state index in [1.807, 2.05) is 12.1 Å². The Bertz CT molecular complexity index is 1520. The highest BCUT2D eigenvalue weighted by atomic mass is 16.6. The van der Waals surface area contributed by atoms with Crippen molar-refractivity contribution in [2.75, 3.05) is 0 Å². The number of allylic oxidation sites excluding steroid dienone is 3. The average molecular weight is 653 g/mol. The monoisotopic (exact) mass is 652 g/mol. The fraction of sp³-hybridized carbons (Fsp3) is 0.548. The first kappa shape index (κ1) is 34.2. The second-order valence-corrected chi connectivity index (χ2v) is 15.4. The van der Waals surface area contributed by atoms with E-state index in [9.17, 15) is 14.4 Å². The Balaban J connectivity index is 1.38. The fourth-order valence-electron chi connectivity index (χ4n) is 10.8. The van der Waals surface area contributed by atoms with Crippen molar-refractivity contribution in [1.82, 2.24) is 0 Å². The molecule has 2 aromatic rings. The van der Waals surface area contributed by atoms with E-state index in [1.54, 1.807) is 0 Å².